The van der Waals surface area contributed by atoms with E-state index in [0.717, 1.165) is 42.2 Å². The second-order valence-electron chi connectivity index (χ2n) is 7.48. The number of aryl methyl sites for hydroxylation is 1. The van der Waals surface area contributed by atoms with Gasteiger partial charge in [0.25, 0.3) is 0 Å². The lowest BCUT2D eigenvalue weighted by Gasteiger charge is -2.31. The van der Waals surface area contributed by atoms with Crippen LogP contribution in [0.4, 0.5) is 0 Å². The van der Waals surface area contributed by atoms with Gasteiger partial charge in [-0.1, -0.05) is 12.1 Å². The van der Waals surface area contributed by atoms with Crippen LogP contribution >= 0.6 is 0 Å². The molecule has 0 radical (unpaired) electrons. The molecule has 5 nitrogen and oxygen atoms in total. The van der Waals surface area contributed by atoms with Gasteiger partial charge in [-0.25, -0.2) is 4.98 Å². The number of H-pyrrole nitrogens is 1. The van der Waals surface area contributed by atoms with E-state index in [-0.39, 0.29) is 0 Å². The van der Waals surface area contributed by atoms with Gasteiger partial charge in [0.05, 0.1) is 11.0 Å². The minimum Gasteiger partial charge on any atom is -0.342 e. The molecule has 4 rings (SSSR count). The maximum atomic E-state index is 9.25. The van der Waals surface area contributed by atoms with E-state index in [1.807, 2.05) is 17.7 Å². The normalized spacial score (nSPS) is 18.3. The molecule has 0 spiro atoms. The maximum Gasteiger partial charge on any atom is 0.120 e. The smallest absolute Gasteiger partial charge is 0.120 e. The zero-order chi connectivity index (χ0) is 18.3. The van der Waals surface area contributed by atoms with Gasteiger partial charge in [-0.15, -0.1) is 0 Å². The number of imidazole rings is 1. The minimum absolute atomic E-state index is 0.440. The molecule has 26 heavy (non-hydrogen) atoms. The molecular weight excluding hydrogens is 322 g/mol. The van der Waals surface area contributed by atoms with Gasteiger partial charge in [0.15, 0.2) is 0 Å². The summed E-state index contributed by atoms with van der Waals surface area (Å²) in [4.78, 5) is 10.9. The SMILES string of the molecule is Cc1cccc2[nH]c([C@H]3CCCN(Cc4cc(C#N)n(C)c4C)C3)nc12. The summed E-state index contributed by atoms with van der Waals surface area (Å²) < 4.78 is 1.98. The van der Waals surface area contributed by atoms with Crippen molar-refractivity contribution in [2.45, 2.75) is 39.2 Å². The third-order valence-electron chi connectivity index (χ3n) is 5.77. The van der Waals surface area contributed by atoms with Gasteiger partial charge in [-0.3, -0.25) is 4.90 Å². The summed E-state index contributed by atoms with van der Waals surface area (Å²) in [5.74, 6) is 1.55. The first kappa shape index (κ1) is 16.9. The Labute approximate surface area is 154 Å². The zero-order valence-electron chi connectivity index (χ0n) is 15.7. The van der Waals surface area contributed by atoms with Crippen LogP contribution in [0.3, 0.4) is 0 Å². The molecule has 134 valence electrons. The van der Waals surface area contributed by atoms with Crippen LogP contribution in [0.5, 0.6) is 0 Å². The number of nitrogens with one attached hydrogen (secondary N) is 1. The van der Waals surface area contributed by atoms with Gasteiger partial charge in [-0.05, 0) is 56.5 Å². The van der Waals surface area contributed by atoms with Crippen LogP contribution in [0.2, 0.25) is 0 Å². The van der Waals surface area contributed by atoms with Gasteiger partial charge >= 0.3 is 0 Å². The fourth-order valence-electron chi connectivity index (χ4n) is 4.08. The molecule has 0 bridgehead atoms. The molecule has 0 aliphatic carbocycles. The summed E-state index contributed by atoms with van der Waals surface area (Å²) in [5.41, 5.74) is 6.63. The lowest BCUT2D eigenvalue weighted by molar-refractivity contribution is 0.197. The molecule has 1 fully saturated rings. The van der Waals surface area contributed by atoms with Crippen molar-refractivity contribution in [2.75, 3.05) is 13.1 Å². The van der Waals surface area contributed by atoms with Gasteiger partial charge in [-0.2, -0.15) is 5.26 Å². The zero-order valence-corrected chi connectivity index (χ0v) is 15.7. The van der Waals surface area contributed by atoms with E-state index < -0.39 is 0 Å². The van der Waals surface area contributed by atoms with E-state index in [9.17, 15) is 5.26 Å². The molecule has 1 N–H and O–H groups in total. The monoisotopic (exact) mass is 347 g/mol. The van der Waals surface area contributed by atoms with Crippen LogP contribution in [0.15, 0.2) is 24.3 Å². The van der Waals surface area contributed by atoms with Crippen LogP contribution in [-0.4, -0.2) is 32.5 Å². The highest BCUT2D eigenvalue weighted by Crippen LogP contribution is 2.29. The number of hydrogen-bond acceptors (Lipinski definition) is 3. The number of rotatable bonds is 3. The largest absolute Gasteiger partial charge is 0.342 e. The number of benzene rings is 1. The first-order valence-electron chi connectivity index (χ1n) is 9.29. The molecular formula is C21H25N5. The molecule has 1 aliphatic rings. The Morgan fingerprint density at radius 2 is 2.19 bits per heavy atom. The lowest BCUT2D eigenvalue weighted by atomic mass is 9.97. The standard InChI is InChI=1S/C21H25N5/c1-14-6-4-8-19-20(14)24-21(23-19)16-7-5-9-26(12-16)13-17-10-18(11-22)25(3)15(17)2/h4,6,8,10,16H,5,7,9,12-13H2,1-3H3,(H,23,24)/t16-/m0/s1. The van der Waals surface area contributed by atoms with Crippen LogP contribution in [0.1, 0.15) is 47.1 Å². The van der Waals surface area contributed by atoms with Crippen molar-refractivity contribution in [3.05, 3.63) is 52.6 Å². The van der Waals surface area contributed by atoms with Crippen molar-refractivity contribution in [3.63, 3.8) is 0 Å². The van der Waals surface area contributed by atoms with Crippen molar-refractivity contribution >= 4 is 11.0 Å². The van der Waals surface area contributed by atoms with E-state index in [1.54, 1.807) is 0 Å². The number of fused-ring (bicyclic) bond motifs is 1. The molecule has 3 aromatic rings. The Morgan fingerprint density at radius 1 is 1.35 bits per heavy atom. The van der Waals surface area contributed by atoms with Crippen molar-refractivity contribution in [1.29, 1.82) is 5.26 Å². The van der Waals surface area contributed by atoms with E-state index in [4.69, 9.17) is 4.98 Å². The molecule has 1 aromatic carbocycles. The highest BCUT2D eigenvalue weighted by molar-refractivity contribution is 5.78. The summed E-state index contributed by atoms with van der Waals surface area (Å²) in [6.07, 6.45) is 2.35. The Balaban J connectivity index is 1.54. The average molecular weight is 347 g/mol. The molecule has 0 saturated carbocycles. The van der Waals surface area contributed by atoms with E-state index in [1.165, 1.54) is 29.7 Å². The van der Waals surface area contributed by atoms with Crippen molar-refractivity contribution in [2.24, 2.45) is 7.05 Å². The topological polar surface area (TPSA) is 60.6 Å². The van der Waals surface area contributed by atoms with Crippen molar-refractivity contribution in [3.8, 4) is 6.07 Å². The predicted octanol–water partition coefficient (Wildman–Crippen LogP) is 3.77. The number of aromatic nitrogens is 3. The third-order valence-corrected chi connectivity index (χ3v) is 5.77. The third kappa shape index (κ3) is 2.91. The summed E-state index contributed by atoms with van der Waals surface area (Å²) in [6.45, 7) is 7.23. The van der Waals surface area contributed by atoms with Gasteiger partial charge in [0, 0.05) is 31.7 Å². The molecule has 5 heteroatoms. The van der Waals surface area contributed by atoms with Crippen molar-refractivity contribution in [1.82, 2.24) is 19.4 Å². The van der Waals surface area contributed by atoms with Crippen LogP contribution in [0, 0.1) is 25.2 Å². The summed E-state index contributed by atoms with van der Waals surface area (Å²) >= 11 is 0. The highest BCUT2D eigenvalue weighted by Gasteiger charge is 2.25. The quantitative estimate of drug-likeness (QED) is 0.784. The lowest BCUT2D eigenvalue weighted by Crippen LogP contribution is -2.34. The van der Waals surface area contributed by atoms with E-state index in [2.05, 4.69) is 48.0 Å². The van der Waals surface area contributed by atoms with Crippen LogP contribution in [0.25, 0.3) is 11.0 Å². The number of hydrogen-bond donors (Lipinski definition) is 1. The molecule has 1 aliphatic heterocycles. The van der Waals surface area contributed by atoms with Crippen LogP contribution < -0.4 is 0 Å². The molecule has 0 amide bonds. The van der Waals surface area contributed by atoms with Gasteiger partial charge in [0.2, 0.25) is 0 Å². The number of aromatic amines is 1. The molecule has 1 atom stereocenters. The Morgan fingerprint density at radius 3 is 2.92 bits per heavy atom. The summed E-state index contributed by atoms with van der Waals surface area (Å²) in [6, 6.07) is 10.6. The molecule has 3 heterocycles. The number of nitriles is 1. The number of piperidine rings is 1. The average Bonchev–Trinajstić information content (AvgIpc) is 3.20. The van der Waals surface area contributed by atoms with E-state index in [0.29, 0.717) is 5.92 Å². The molecule has 1 saturated heterocycles. The van der Waals surface area contributed by atoms with E-state index >= 15 is 0 Å². The number of para-hydroxylation sites is 1. The van der Waals surface area contributed by atoms with Crippen LogP contribution in [-0.2, 0) is 13.6 Å². The molecule has 2 aromatic heterocycles. The molecule has 0 unspecified atom stereocenters. The fraction of sp³-hybridized carbons (Fsp3) is 0.429. The Kier molecular flexibility index (Phi) is 4.29. The number of likely N-dealkylation sites (tertiary alicyclic amines) is 1. The Bertz CT molecular complexity index is 988. The summed E-state index contributed by atoms with van der Waals surface area (Å²) in [7, 11) is 1.97. The predicted molar refractivity (Wildman–Crippen MR) is 103 cm³/mol. The fourth-order valence-corrected chi connectivity index (χ4v) is 4.08. The van der Waals surface area contributed by atoms with Crippen molar-refractivity contribution < 1.29 is 0 Å². The van der Waals surface area contributed by atoms with Gasteiger partial charge < -0.3 is 9.55 Å². The first-order chi connectivity index (χ1) is 12.6. The second kappa shape index (κ2) is 6.62. The highest BCUT2D eigenvalue weighted by atomic mass is 15.1. The maximum absolute atomic E-state index is 9.25. The number of nitrogens with zero attached hydrogens (tertiary/aromatic N) is 4. The summed E-state index contributed by atoms with van der Waals surface area (Å²) in [5, 5.41) is 9.25. The Hall–Kier alpha value is -2.58. The van der Waals surface area contributed by atoms with Gasteiger partial charge in [0.1, 0.15) is 17.6 Å². The second-order valence-corrected chi connectivity index (χ2v) is 7.48. The first-order valence-corrected chi connectivity index (χ1v) is 9.29. The minimum atomic E-state index is 0.440.